The van der Waals surface area contributed by atoms with E-state index < -0.39 is 9.84 Å². The zero-order valence-corrected chi connectivity index (χ0v) is 10.6. The van der Waals surface area contributed by atoms with Crippen molar-refractivity contribution in [1.82, 2.24) is 9.80 Å². The van der Waals surface area contributed by atoms with Crippen LogP contribution in [0, 0.1) is 0 Å². The molecule has 0 radical (unpaired) electrons. The van der Waals surface area contributed by atoms with E-state index in [0.717, 1.165) is 32.6 Å². The largest absolute Gasteiger partial charge is 0.304 e. The van der Waals surface area contributed by atoms with E-state index in [1.54, 1.807) is 0 Å². The van der Waals surface area contributed by atoms with Crippen LogP contribution in [0.2, 0.25) is 0 Å². The minimum absolute atomic E-state index is 0.324. The smallest absolute Gasteiger partial charge is 0.151 e. The molecule has 1 saturated heterocycles. The van der Waals surface area contributed by atoms with Gasteiger partial charge in [-0.1, -0.05) is 6.92 Å². The molecule has 0 bridgehead atoms. The molecule has 0 atom stereocenters. The van der Waals surface area contributed by atoms with Crippen molar-refractivity contribution in [2.75, 3.05) is 51.3 Å². The highest BCUT2D eigenvalue weighted by atomic mass is 32.2. The molecule has 0 N–H and O–H groups in total. The minimum Gasteiger partial charge on any atom is -0.304 e. The number of hydrogen-bond acceptors (Lipinski definition) is 4. The van der Waals surface area contributed by atoms with Crippen LogP contribution in [-0.2, 0) is 9.84 Å². The normalized spacial score (nSPS) is 20.7. The van der Waals surface area contributed by atoms with E-state index in [9.17, 15) is 8.42 Å². The highest BCUT2D eigenvalue weighted by Crippen LogP contribution is 2.01. The molecule has 0 aromatic rings. The van der Waals surface area contributed by atoms with Gasteiger partial charge >= 0.3 is 0 Å². The van der Waals surface area contributed by atoms with Crippen molar-refractivity contribution in [3.63, 3.8) is 0 Å². The Morgan fingerprint density at radius 3 is 2.20 bits per heavy atom. The fourth-order valence-electron chi connectivity index (χ4n) is 1.75. The summed E-state index contributed by atoms with van der Waals surface area (Å²) in [6.07, 6.45) is 0.727. The van der Waals surface area contributed by atoms with Crippen molar-refractivity contribution in [3.8, 4) is 0 Å². The summed E-state index contributed by atoms with van der Waals surface area (Å²) in [6, 6.07) is 0. The van der Waals surface area contributed by atoms with Crippen LogP contribution in [0.4, 0.5) is 0 Å². The second-order valence-electron chi connectivity index (χ2n) is 4.30. The average molecular weight is 234 g/mol. The van der Waals surface area contributed by atoms with Crippen LogP contribution in [-0.4, -0.2) is 69.5 Å². The Balaban J connectivity index is 2.25. The van der Waals surface area contributed by atoms with E-state index >= 15 is 0 Å². The van der Waals surface area contributed by atoms with E-state index in [0.29, 0.717) is 18.1 Å². The molecule has 15 heavy (non-hydrogen) atoms. The summed E-state index contributed by atoms with van der Waals surface area (Å²) in [5.74, 6) is 0.658. The van der Waals surface area contributed by atoms with Crippen molar-refractivity contribution in [3.05, 3.63) is 0 Å². The summed E-state index contributed by atoms with van der Waals surface area (Å²) in [6.45, 7) is 6.71. The number of piperazine rings is 1. The summed E-state index contributed by atoms with van der Waals surface area (Å²) in [5, 5.41) is 0. The van der Waals surface area contributed by atoms with E-state index in [2.05, 4.69) is 16.8 Å². The molecule has 0 unspecified atom stereocenters. The predicted molar refractivity (Wildman–Crippen MR) is 62.9 cm³/mol. The van der Waals surface area contributed by atoms with Crippen molar-refractivity contribution < 1.29 is 8.42 Å². The fraction of sp³-hybridized carbons (Fsp3) is 1.00. The number of sulfone groups is 1. The molecule has 0 spiro atoms. The zero-order valence-electron chi connectivity index (χ0n) is 9.78. The van der Waals surface area contributed by atoms with E-state index in [1.807, 2.05) is 6.92 Å². The quantitative estimate of drug-likeness (QED) is 0.674. The lowest BCUT2D eigenvalue weighted by atomic mass is 10.3. The summed E-state index contributed by atoms with van der Waals surface area (Å²) >= 11 is 0. The Bertz CT molecular complexity index is 269. The molecule has 1 heterocycles. The number of likely N-dealkylation sites (N-methyl/N-ethyl adjacent to an activating group) is 1. The monoisotopic (exact) mass is 234 g/mol. The van der Waals surface area contributed by atoms with Gasteiger partial charge in [0.15, 0.2) is 9.84 Å². The van der Waals surface area contributed by atoms with Gasteiger partial charge in [0, 0.05) is 38.5 Å². The average Bonchev–Trinajstić information content (AvgIpc) is 2.17. The lowest BCUT2D eigenvalue weighted by molar-refractivity contribution is 0.161. The molecular weight excluding hydrogens is 212 g/mol. The zero-order chi connectivity index (χ0) is 11.3. The van der Waals surface area contributed by atoms with Crippen LogP contribution in [0.5, 0.6) is 0 Å². The van der Waals surface area contributed by atoms with Gasteiger partial charge in [0.2, 0.25) is 0 Å². The van der Waals surface area contributed by atoms with Gasteiger partial charge < -0.3 is 4.90 Å². The van der Waals surface area contributed by atoms with E-state index in [1.165, 1.54) is 0 Å². The number of nitrogens with zero attached hydrogens (tertiary/aromatic N) is 2. The van der Waals surface area contributed by atoms with Crippen LogP contribution in [0.15, 0.2) is 0 Å². The Hall–Kier alpha value is -0.130. The van der Waals surface area contributed by atoms with Crippen molar-refractivity contribution in [2.24, 2.45) is 0 Å². The molecule has 0 aliphatic carbocycles. The van der Waals surface area contributed by atoms with Crippen LogP contribution < -0.4 is 0 Å². The first kappa shape index (κ1) is 12.9. The van der Waals surface area contributed by atoms with Gasteiger partial charge in [0.25, 0.3) is 0 Å². The maximum atomic E-state index is 11.5. The topological polar surface area (TPSA) is 40.6 Å². The van der Waals surface area contributed by atoms with Gasteiger partial charge in [-0.2, -0.15) is 0 Å². The van der Waals surface area contributed by atoms with Crippen LogP contribution in [0.1, 0.15) is 13.3 Å². The maximum absolute atomic E-state index is 11.5. The molecule has 0 aromatic carbocycles. The molecule has 0 saturated carbocycles. The molecule has 1 fully saturated rings. The number of hydrogen-bond donors (Lipinski definition) is 0. The van der Waals surface area contributed by atoms with Gasteiger partial charge in [0.1, 0.15) is 0 Å². The Morgan fingerprint density at radius 1 is 1.07 bits per heavy atom. The van der Waals surface area contributed by atoms with E-state index in [-0.39, 0.29) is 0 Å². The fourth-order valence-corrected chi connectivity index (χ4v) is 3.12. The van der Waals surface area contributed by atoms with Gasteiger partial charge in [0.05, 0.1) is 5.75 Å². The standard InChI is InChI=1S/C10H22N2O2S/c1-3-9-15(13,14)10-8-12-6-4-11(2)5-7-12/h3-10H2,1-2H3. The molecular formula is C10H22N2O2S. The van der Waals surface area contributed by atoms with Gasteiger partial charge in [-0.15, -0.1) is 0 Å². The summed E-state index contributed by atoms with van der Waals surface area (Å²) in [4.78, 5) is 4.52. The van der Waals surface area contributed by atoms with Gasteiger partial charge in [-0.3, -0.25) is 4.90 Å². The molecule has 0 amide bonds. The highest BCUT2D eigenvalue weighted by Gasteiger charge is 2.16. The Labute approximate surface area is 93.2 Å². The van der Waals surface area contributed by atoms with Crippen LogP contribution in [0.25, 0.3) is 0 Å². The summed E-state index contributed by atoms with van der Waals surface area (Å²) in [7, 11) is -0.697. The summed E-state index contributed by atoms with van der Waals surface area (Å²) < 4.78 is 23.0. The molecule has 1 rings (SSSR count). The lowest BCUT2D eigenvalue weighted by Gasteiger charge is -2.32. The van der Waals surface area contributed by atoms with Crippen molar-refractivity contribution in [2.45, 2.75) is 13.3 Å². The first-order valence-corrected chi connectivity index (χ1v) is 7.47. The minimum atomic E-state index is -2.80. The Kier molecular flexibility index (Phi) is 5.02. The highest BCUT2D eigenvalue weighted by molar-refractivity contribution is 7.91. The molecule has 0 aromatic heterocycles. The van der Waals surface area contributed by atoms with Crippen molar-refractivity contribution in [1.29, 1.82) is 0 Å². The van der Waals surface area contributed by atoms with Crippen LogP contribution in [0.3, 0.4) is 0 Å². The third kappa shape index (κ3) is 4.95. The third-order valence-corrected chi connectivity index (χ3v) is 4.66. The SMILES string of the molecule is CCCS(=O)(=O)CCN1CCN(C)CC1. The number of rotatable bonds is 5. The molecule has 4 nitrogen and oxygen atoms in total. The second kappa shape index (κ2) is 5.82. The van der Waals surface area contributed by atoms with Gasteiger partial charge in [-0.25, -0.2) is 8.42 Å². The van der Waals surface area contributed by atoms with E-state index in [4.69, 9.17) is 0 Å². The van der Waals surface area contributed by atoms with Gasteiger partial charge in [-0.05, 0) is 13.5 Å². The molecule has 90 valence electrons. The second-order valence-corrected chi connectivity index (χ2v) is 6.60. The molecule has 1 aliphatic heterocycles. The first-order chi connectivity index (χ1) is 7.03. The lowest BCUT2D eigenvalue weighted by Crippen LogP contribution is -2.45. The van der Waals surface area contributed by atoms with Crippen molar-refractivity contribution >= 4 is 9.84 Å². The maximum Gasteiger partial charge on any atom is 0.151 e. The first-order valence-electron chi connectivity index (χ1n) is 5.65. The third-order valence-electron chi connectivity index (χ3n) is 2.83. The Morgan fingerprint density at radius 2 is 1.67 bits per heavy atom. The summed E-state index contributed by atoms with van der Waals surface area (Å²) in [5.41, 5.74) is 0. The predicted octanol–water partition coefficient (Wildman–Crippen LogP) is 0.0586. The molecule has 1 aliphatic rings. The van der Waals surface area contributed by atoms with Crippen LogP contribution >= 0.6 is 0 Å². The molecule has 5 heteroatoms.